The lowest BCUT2D eigenvalue weighted by Gasteiger charge is -2.01. The van der Waals surface area contributed by atoms with Crippen LogP contribution in [0.25, 0.3) is 22.9 Å². The number of Topliss-reactive ketones (excluding diaryl/α,β-unsaturated/α-hetero) is 1. The zero-order valence-electron chi connectivity index (χ0n) is 9.10. The summed E-state index contributed by atoms with van der Waals surface area (Å²) in [5.41, 5.74) is 2.00. The van der Waals surface area contributed by atoms with Crippen molar-refractivity contribution in [1.29, 1.82) is 0 Å². The van der Waals surface area contributed by atoms with Crippen LogP contribution in [-0.2, 0) is 0 Å². The molecule has 2 nitrogen and oxygen atoms in total. The molecule has 0 fully saturated rings. The Bertz CT molecular complexity index is 828. The van der Waals surface area contributed by atoms with Crippen molar-refractivity contribution < 1.29 is 4.79 Å². The van der Waals surface area contributed by atoms with Gasteiger partial charge in [-0.15, -0.1) is 0 Å². The standard InChI is InChI=1S/C15H9NO/c17-14-4-3-10-8-13-11(7-12(10)14)2-1-9-5-6-16-15(9)13/h1-3,5-8H,4H2. The van der Waals surface area contributed by atoms with Crippen LogP contribution in [0, 0.1) is 0 Å². The van der Waals surface area contributed by atoms with Crippen molar-refractivity contribution in [1.82, 2.24) is 0 Å². The van der Waals surface area contributed by atoms with Crippen molar-refractivity contribution in [2.24, 2.45) is 4.99 Å². The van der Waals surface area contributed by atoms with Crippen LogP contribution in [0.5, 0.6) is 0 Å². The van der Waals surface area contributed by atoms with E-state index in [9.17, 15) is 4.79 Å². The lowest BCUT2D eigenvalue weighted by Crippen LogP contribution is -2.12. The number of benzene rings is 2. The number of hydrogen-bond donors (Lipinski definition) is 0. The van der Waals surface area contributed by atoms with Gasteiger partial charge in [-0.2, -0.15) is 0 Å². The van der Waals surface area contributed by atoms with E-state index in [-0.39, 0.29) is 5.78 Å². The molecule has 2 aromatic carbocycles. The predicted molar refractivity (Wildman–Crippen MR) is 67.2 cm³/mol. The molecule has 1 aliphatic heterocycles. The van der Waals surface area contributed by atoms with Gasteiger partial charge in [0, 0.05) is 29.1 Å². The van der Waals surface area contributed by atoms with Gasteiger partial charge in [-0.3, -0.25) is 9.79 Å². The van der Waals surface area contributed by atoms with Gasteiger partial charge in [0.25, 0.3) is 0 Å². The molecule has 0 bridgehead atoms. The first-order chi connectivity index (χ1) is 8.33. The Kier molecular flexibility index (Phi) is 1.52. The topological polar surface area (TPSA) is 29.4 Å². The minimum absolute atomic E-state index is 0.220. The molecule has 4 rings (SSSR count). The van der Waals surface area contributed by atoms with Crippen molar-refractivity contribution in [3.05, 3.63) is 52.2 Å². The molecule has 0 saturated carbocycles. The van der Waals surface area contributed by atoms with Crippen molar-refractivity contribution in [2.45, 2.75) is 6.42 Å². The van der Waals surface area contributed by atoms with E-state index in [1.54, 1.807) is 0 Å². The number of ketones is 1. The van der Waals surface area contributed by atoms with Gasteiger partial charge in [-0.25, -0.2) is 0 Å². The summed E-state index contributed by atoms with van der Waals surface area (Å²) in [6.45, 7) is 0. The van der Waals surface area contributed by atoms with Crippen LogP contribution in [0.15, 0.2) is 35.5 Å². The molecule has 0 aromatic heterocycles. The quantitative estimate of drug-likeness (QED) is 0.664. The Morgan fingerprint density at radius 2 is 2.12 bits per heavy atom. The summed E-state index contributed by atoms with van der Waals surface area (Å²) >= 11 is 0. The van der Waals surface area contributed by atoms with Gasteiger partial charge in [0.2, 0.25) is 0 Å². The number of carbonyl (C=O) groups excluding carboxylic acids is 1. The van der Waals surface area contributed by atoms with Gasteiger partial charge in [0.15, 0.2) is 5.78 Å². The zero-order valence-corrected chi connectivity index (χ0v) is 9.10. The van der Waals surface area contributed by atoms with Crippen molar-refractivity contribution in [3.8, 4) is 0 Å². The van der Waals surface area contributed by atoms with Gasteiger partial charge < -0.3 is 0 Å². The molecule has 17 heavy (non-hydrogen) atoms. The zero-order chi connectivity index (χ0) is 11.4. The molecule has 80 valence electrons. The van der Waals surface area contributed by atoms with E-state index in [1.807, 2.05) is 24.4 Å². The highest BCUT2D eigenvalue weighted by Gasteiger charge is 2.14. The minimum atomic E-state index is 0.220. The van der Waals surface area contributed by atoms with Gasteiger partial charge in [0.1, 0.15) is 0 Å². The van der Waals surface area contributed by atoms with Crippen LogP contribution >= 0.6 is 0 Å². The monoisotopic (exact) mass is 219 g/mol. The van der Waals surface area contributed by atoms with E-state index in [0.717, 1.165) is 32.5 Å². The highest BCUT2D eigenvalue weighted by Crippen LogP contribution is 2.17. The van der Waals surface area contributed by atoms with Gasteiger partial charge in [-0.1, -0.05) is 18.2 Å². The molecular formula is C15H9NO. The highest BCUT2D eigenvalue weighted by molar-refractivity contribution is 6.05. The van der Waals surface area contributed by atoms with Crippen molar-refractivity contribution in [3.63, 3.8) is 0 Å². The number of rotatable bonds is 0. The van der Waals surface area contributed by atoms with E-state index in [4.69, 9.17) is 0 Å². The molecule has 0 radical (unpaired) electrons. The summed E-state index contributed by atoms with van der Waals surface area (Å²) in [5, 5.41) is 4.31. The lowest BCUT2D eigenvalue weighted by atomic mass is 10.0. The van der Waals surface area contributed by atoms with Crippen LogP contribution in [0.4, 0.5) is 0 Å². The number of nitrogens with zero attached hydrogens (tertiary/aromatic N) is 1. The van der Waals surface area contributed by atoms with E-state index >= 15 is 0 Å². The molecule has 0 saturated heterocycles. The SMILES string of the molecule is O=C1CC=c2cc3c4c(ccc3cc21)C=CN=4. The summed E-state index contributed by atoms with van der Waals surface area (Å²) in [5.74, 6) is 0.220. The molecule has 2 aromatic rings. The first-order valence-electron chi connectivity index (χ1n) is 5.67. The molecule has 0 spiro atoms. The molecule has 1 heterocycles. The largest absolute Gasteiger partial charge is 0.294 e. The minimum Gasteiger partial charge on any atom is -0.294 e. The third-order valence-electron chi connectivity index (χ3n) is 3.46. The summed E-state index contributed by atoms with van der Waals surface area (Å²) in [6, 6.07) is 8.20. The summed E-state index contributed by atoms with van der Waals surface area (Å²) < 4.78 is 0. The predicted octanol–water partition coefficient (Wildman–Crippen LogP) is 1.81. The third-order valence-corrected chi connectivity index (χ3v) is 3.46. The van der Waals surface area contributed by atoms with Crippen LogP contribution in [-0.4, -0.2) is 5.78 Å². The van der Waals surface area contributed by atoms with Crippen LogP contribution < -0.4 is 10.6 Å². The normalized spacial score (nSPS) is 15.6. The van der Waals surface area contributed by atoms with Gasteiger partial charge >= 0.3 is 0 Å². The fourth-order valence-corrected chi connectivity index (χ4v) is 2.58. The number of hydrogen-bond acceptors (Lipinski definition) is 2. The fourth-order valence-electron chi connectivity index (χ4n) is 2.58. The molecule has 0 atom stereocenters. The smallest absolute Gasteiger partial charge is 0.167 e. The van der Waals surface area contributed by atoms with Gasteiger partial charge in [0.05, 0.1) is 5.36 Å². The molecule has 0 unspecified atom stereocenters. The molecule has 2 aliphatic rings. The van der Waals surface area contributed by atoms with Crippen molar-refractivity contribution >= 4 is 28.7 Å². The average molecular weight is 219 g/mol. The van der Waals surface area contributed by atoms with Crippen LogP contribution in [0.2, 0.25) is 0 Å². The first kappa shape index (κ1) is 8.88. The average Bonchev–Trinajstić information content (AvgIpc) is 2.94. The molecule has 0 N–H and O–H groups in total. The lowest BCUT2D eigenvalue weighted by molar-refractivity contribution is 0.100. The summed E-state index contributed by atoms with van der Waals surface area (Å²) in [7, 11) is 0. The molecule has 2 heteroatoms. The van der Waals surface area contributed by atoms with Gasteiger partial charge in [-0.05, 0) is 28.8 Å². The summed E-state index contributed by atoms with van der Waals surface area (Å²) in [6.07, 6.45) is 6.37. The Labute approximate surface area is 97.6 Å². The molecule has 1 aliphatic carbocycles. The Morgan fingerprint density at radius 3 is 3.06 bits per heavy atom. The number of fused-ring (bicyclic) bond motifs is 4. The maximum absolute atomic E-state index is 11.7. The molecule has 0 amide bonds. The highest BCUT2D eigenvalue weighted by atomic mass is 16.1. The van der Waals surface area contributed by atoms with E-state index in [2.05, 4.69) is 23.2 Å². The maximum Gasteiger partial charge on any atom is 0.167 e. The summed E-state index contributed by atoms with van der Waals surface area (Å²) in [4.78, 5) is 16.1. The second-order valence-electron chi connectivity index (χ2n) is 4.44. The Morgan fingerprint density at radius 1 is 1.18 bits per heavy atom. The van der Waals surface area contributed by atoms with E-state index in [1.165, 1.54) is 0 Å². The Balaban J connectivity index is 2.23. The van der Waals surface area contributed by atoms with Crippen LogP contribution in [0.1, 0.15) is 22.3 Å². The molecular weight excluding hydrogens is 210 g/mol. The van der Waals surface area contributed by atoms with E-state index in [0.29, 0.717) is 6.42 Å². The second kappa shape index (κ2) is 2.92. The van der Waals surface area contributed by atoms with Crippen molar-refractivity contribution in [2.75, 3.05) is 0 Å². The third kappa shape index (κ3) is 1.10. The van der Waals surface area contributed by atoms with E-state index < -0.39 is 0 Å². The maximum atomic E-state index is 11.7. The fraction of sp³-hybridized carbons (Fsp3) is 0.0667. The van der Waals surface area contributed by atoms with Crippen LogP contribution in [0.3, 0.4) is 0 Å². The Hall–Kier alpha value is -2.22. The second-order valence-corrected chi connectivity index (χ2v) is 4.44. The first-order valence-corrected chi connectivity index (χ1v) is 5.67. The number of carbonyl (C=O) groups is 1.